The van der Waals surface area contributed by atoms with Crippen molar-refractivity contribution >= 4 is 0 Å². The Hall–Kier alpha value is -1.60. The first-order chi connectivity index (χ1) is 10.3. The molecule has 109 valence electrons. The van der Waals surface area contributed by atoms with Crippen LogP contribution in [0, 0.1) is 12.0 Å². The standard InChI is InChI=1S/C20H24N/c21-20(15-16-7-3-1-4-8-16)19-13-11-18(12-14-19)17-9-5-2-6-10-17/h5-6,9-14,16,20H,1,3-4,7-8,15,21H2. The smallest absolute Gasteiger partial charge is 0.0297 e. The zero-order valence-electron chi connectivity index (χ0n) is 12.6. The van der Waals surface area contributed by atoms with Crippen molar-refractivity contribution in [2.24, 2.45) is 11.7 Å². The topological polar surface area (TPSA) is 26.0 Å². The van der Waals surface area contributed by atoms with Crippen LogP contribution in [0.4, 0.5) is 0 Å². The summed E-state index contributed by atoms with van der Waals surface area (Å²) in [5, 5.41) is 0. The fourth-order valence-corrected chi connectivity index (χ4v) is 3.42. The Balaban J connectivity index is 1.66. The molecule has 1 radical (unpaired) electrons. The number of nitrogens with two attached hydrogens (primary N) is 1. The Morgan fingerprint density at radius 2 is 1.52 bits per heavy atom. The van der Waals surface area contributed by atoms with Crippen LogP contribution in [-0.4, -0.2) is 0 Å². The molecule has 0 aromatic heterocycles. The maximum Gasteiger partial charge on any atom is 0.0297 e. The largest absolute Gasteiger partial charge is 0.324 e. The van der Waals surface area contributed by atoms with Crippen LogP contribution in [0.2, 0.25) is 0 Å². The lowest BCUT2D eigenvalue weighted by atomic mass is 9.83. The average Bonchev–Trinajstić information content (AvgIpc) is 2.57. The molecule has 1 atom stereocenters. The highest BCUT2D eigenvalue weighted by molar-refractivity contribution is 5.63. The third-order valence-corrected chi connectivity index (χ3v) is 4.70. The van der Waals surface area contributed by atoms with E-state index in [-0.39, 0.29) is 6.04 Å². The quantitative estimate of drug-likeness (QED) is 0.825. The normalized spacial score (nSPS) is 17.6. The number of hydrogen-bond acceptors (Lipinski definition) is 1. The number of benzene rings is 2. The summed E-state index contributed by atoms with van der Waals surface area (Å²) in [7, 11) is 0. The van der Waals surface area contributed by atoms with Crippen LogP contribution in [0.1, 0.15) is 50.1 Å². The van der Waals surface area contributed by atoms with Crippen LogP contribution in [0.15, 0.2) is 48.5 Å². The summed E-state index contributed by atoms with van der Waals surface area (Å²) in [6.45, 7) is 0. The average molecular weight is 278 g/mol. The van der Waals surface area contributed by atoms with Gasteiger partial charge in [0, 0.05) is 6.04 Å². The van der Waals surface area contributed by atoms with Crippen LogP contribution in [0.25, 0.3) is 11.1 Å². The van der Waals surface area contributed by atoms with Crippen molar-refractivity contribution in [2.75, 3.05) is 0 Å². The molecule has 1 fully saturated rings. The number of rotatable bonds is 4. The van der Waals surface area contributed by atoms with Gasteiger partial charge in [-0.15, -0.1) is 0 Å². The molecule has 2 aromatic carbocycles. The van der Waals surface area contributed by atoms with Gasteiger partial charge in [0.2, 0.25) is 0 Å². The predicted molar refractivity (Wildman–Crippen MR) is 88.8 cm³/mol. The van der Waals surface area contributed by atoms with Gasteiger partial charge in [0.05, 0.1) is 0 Å². The van der Waals surface area contributed by atoms with E-state index in [9.17, 15) is 0 Å². The van der Waals surface area contributed by atoms with E-state index in [1.54, 1.807) is 0 Å². The van der Waals surface area contributed by atoms with Gasteiger partial charge in [-0.05, 0) is 35.1 Å². The second-order valence-corrected chi connectivity index (χ2v) is 6.26. The van der Waals surface area contributed by atoms with E-state index in [1.807, 2.05) is 12.1 Å². The van der Waals surface area contributed by atoms with Crippen LogP contribution in [-0.2, 0) is 0 Å². The van der Waals surface area contributed by atoms with E-state index in [0.29, 0.717) is 0 Å². The molecule has 0 bridgehead atoms. The first-order valence-electron chi connectivity index (χ1n) is 8.15. The summed E-state index contributed by atoms with van der Waals surface area (Å²) < 4.78 is 0. The van der Waals surface area contributed by atoms with Crippen molar-refractivity contribution in [2.45, 2.75) is 44.6 Å². The summed E-state index contributed by atoms with van der Waals surface area (Å²) in [4.78, 5) is 0. The van der Waals surface area contributed by atoms with Gasteiger partial charge >= 0.3 is 0 Å². The molecule has 2 N–H and O–H groups in total. The molecule has 0 spiro atoms. The van der Waals surface area contributed by atoms with Crippen molar-refractivity contribution in [3.63, 3.8) is 0 Å². The second kappa shape index (κ2) is 6.91. The van der Waals surface area contributed by atoms with Gasteiger partial charge in [0.15, 0.2) is 0 Å². The van der Waals surface area contributed by atoms with E-state index in [1.165, 1.54) is 48.8 Å². The van der Waals surface area contributed by atoms with Gasteiger partial charge in [-0.1, -0.05) is 80.6 Å². The Labute approximate surface area is 128 Å². The van der Waals surface area contributed by atoms with Gasteiger partial charge in [-0.2, -0.15) is 0 Å². The minimum Gasteiger partial charge on any atom is -0.324 e. The maximum atomic E-state index is 6.41. The highest BCUT2D eigenvalue weighted by atomic mass is 14.6. The van der Waals surface area contributed by atoms with Crippen LogP contribution < -0.4 is 5.73 Å². The lowest BCUT2D eigenvalue weighted by Crippen LogP contribution is -2.17. The Kier molecular flexibility index (Phi) is 4.72. The molecule has 0 saturated heterocycles. The zero-order chi connectivity index (χ0) is 14.5. The summed E-state index contributed by atoms with van der Waals surface area (Å²) in [5.74, 6) is 0.832. The fraction of sp³-hybridized carbons (Fsp3) is 0.400. The third-order valence-electron chi connectivity index (χ3n) is 4.70. The molecule has 1 nitrogen and oxygen atoms in total. The Bertz CT molecular complexity index is 538. The molecule has 0 aliphatic heterocycles. The highest BCUT2D eigenvalue weighted by Crippen LogP contribution is 2.31. The van der Waals surface area contributed by atoms with Crippen molar-refractivity contribution in [3.8, 4) is 11.1 Å². The van der Waals surface area contributed by atoms with Crippen LogP contribution in [0.5, 0.6) is 0 Å². The molecule has 2 aromatic rings. The molecular weight excluding hydrogens is 254 g/mol. The van der Waals surface area contributed by atoms with Crippen molar-refractivity contribution in [1.29, 1.82) is 0 Å². The summed E-state index contributed by atoms with van der Waals surface area (Å²) in [6.07, 6.45) is 8.07. The Morgan fingerprint density at radius 1 is 0.905 bits per heavy atom. The van der Waals surface area contributed by atoms with Gasteiger partial charge in [-0.3, -0.25) is 0 Å². The first kappa shape index (κ1) is 14.3. The van der Waals surface area contributed by atoms with Gasteiger partial charge in [0.25, 0.3) is 0 Å². The molecule has 3 rings (SSSR count). The predicted octanol–water partition coefficient (Wildman–Crippen LogP) is 5.12. The minimum atomic E-state index is 0.186. The molecule has 0 amide bonds. The van der Waals surface area contributed by atoms with Crippen LogP contribution >= 0.6 is 0 Å². The molecule has 1 unspecified atom stereocenters. The van der Waals surface area contributed by atoms with E-state index < -0.39 is 0 Å². The van der Waals surface area contributed by atoms with Gasteiger partial charge in [-0.25, -0.2) is 0 Å². The maximum absolute atomic E-state index is 6.41. The van der Waals surface area contributed by atoms with Crippen molar-refractivity contribution in [1.82, 2.24) is 0 Å². The second-order valence-electron chi connectivity index (χ2n) is 6.26. The van der Waals surface area contributed by atoms with E-state index in [2.05, 4.69) is 42.5 Å². The monoisotopic (exact) mass is 278 g/mol. The lowest BCUT2D eigenvalue weighted by Gasteiger charge is -2.24. The highest BCUT2D eigenvalue weighted by Gasteiger charge is 2.17. The van der Waals surface area contributed by atoms with Crippen LogP contribution in [0.3, 0.4) is 0 Å². The first-order valence-corrected chi connectivity index (χ1v) is 8.15. The lowest BCUT2D eigenvalue weighted by molar-refractivity contribution is 0.319. The van der Waals surface area contributed by atoms with Gasteiger partial charge in [0.1, 0.15) is 0 Å². The summed E-state index contributed by atoms with van der Waals surface area (Å²) in [6, 6.07) is 20.1. The molecule has 21 heavy (non-hydrogen) atoms. The summed E-state index contributed by atoms with van der Waals surface area (Å²) >= 11 is 0. The molecule has 1 aliphatic rings. The molecule has 1 saturated carbocycles. The molecule has 1 heteroatoms. The Morgan fingerprint density at radius 3 is 2.19 bits per heavy atom. The molecular formula is C20H24N. The van der Waals surface area contributed by atoms with E-state index >= 15 is 0 Å². The van der Waals surface area contributed by atoms with E-state index in [0.717, 1.165) is 12.3 Å². The SMILES string of the molecule is NC(CC1CCCCC1)c1ccc(-c2cc[c]cc2)cc1. The minimum absolute atomic E-state index is 0.186. The third kappa shape index (κ3) is 3.74. The van der Waals surface area contributed by atoms with Crippen molar-refractivity contribution < 1.29 is 0 Å². The zero-order valence-corrected chi connectivity index (χ0v) is 12.6. The fourth-order valence-electron chi connectivity index (χ4n) is 3.42. The van der Waals surface area contributed by atoms with Gasteiger partial charge < -0.3 is 5.73 Å². The summed E-state index contributed by atoms with van der Waals surface area (Å²) in [5.41, 5.74) is 10.2. The number of hydrogen-bond donors (Lipinski definition) is 1. The molecule has 1 aliphatic carbocycles. The van der Waals surface area contributed by atoms with Crippen molar-refractivity contribution in [3.05, 3.63) is 60.2 Å². The van der Waals surface area contributed by atoms with E-state index in [4.69, 9.17) is 5.73 Å². The molecule has 0 heterocycles.